The number of fused-ring (bicyclic) bond motifs is 1. The Balaban J connectivity index is 1.08. The summed E-state index contributed by atoms with van der Waals surface area (Å²) in [6.45, 7) is 5.40. The number of hydrogen-bond acceptors (Lipinski definition) is 8. The first-order chi connectivity index (χ1) is 25.2. The molecule has 0 spiro atoms. The number of ether oxygens (including phenoxy) is 1. The highest BCUT2D eigenvalue weighted by molar-refractivity contribution is 5.88. The summed E-state index contributed by atoms with van der Waals surface area (Å²) in [7, 11) is 3.05. The van der Waals surface area contributed by atoms with Crippen molar-refractivity contribution in [1.29, 1.82) is 0 Å². The summed E-state index contributed by atoms with van der Waals surface area (Å²) in [4.78, 5) is 59.7. The topological polar surface area (TPSA) is 170 Å². The fourth-order valence-corrected chi connectivity index (χ4v) is 6.64. The molecule has 3 aromatic heterocycles. The number of aryl methyl sites for hydroxylation is 1. The monoisotopic (exact) mass is 705 g/mol. The Morgan fingerprint density at radius 1 is 0.904 bits per heavy atom. The summed E-state index contributed by atoms with van der Waals surface area (Å²) in [6.07, 6.45) is 9.23. The minimum absolute atomic E-state index is 0.00967. The van der Waals surface area contributed by atoms with Gasteiger partial charge in [0.25, 0.3) is 0 Å². The van der Waals surface area contributed by atoms with Crippen molar-refractivity contribution < 1.29 is 19.1 Å². The van der Waals surface area contributed by atoms with Gasteiger partial charge in [-0.05, 0) is 61.9 Å². The van der Waals surface area contributed by atoms with E-state index in [1.807, 2.05) is 37.3 Å². The Bertz CT molecular complexity index is 2000. The highest BCUT2D eigenvalue weighted by Crippen LogP contribution is 2.33. The molecule has 0 aliphatic carbocycles. The number of carbonyl (C=O) groups is 3. The zero-order chi connectivity index (χ0) is 36.6. The van der Waals surface area contributed by atoms with Crippen molar-refractivity contribution in [1.82, 2.24) is 45.8 Å². The van der Waals surface area contributed by atoms with Crippen LogP contribution in [0.2, 0.25) is 0 Å². The van der Waals surface area contributed by atoms with Gasteiger partial charge >= 0.3 is 6.09 Å². The lowest BCUT2D eigenvalue weighted by atomic mass is 10.0. The minimum atomic E-state index is -0.677. The van der Waals surface area contributed by atoms with E-state index >= 15 is 0 Å². The molecular formula is C39H47N9O4. The third-order valence-electron chi connectivity index (χ3n) is 9.49. The molecule has 5 aromatic rings. The summed E-state index contributed by atoms with van der Waals surface area (Å²) in [6, 6.07) is 15.8. The molecule has 0 saturated carbocycles. The number of nitrogens with one attached hydrogen (secondary N) is 5. The van der Waals surface area contributed by atoms with Crippen LogP contribution in [0.25, 0.3) is 44.5 Å². The van der Waals surface area contributed by atoms with Crippen molar-refractivity contribution in [3.63, 3.8) is 0 Å². The smallest absolute Gasteiger partial charge is 0.407 e. The molecule has 2 atom stereocenters. The van der Waals surface area contributed by atoms with Gasteiger partial charge in [0.2, 0.25) is 11.8 Å². The molecule has 0 radical (unpaired) electrons. The van der Waals surface area contributed by atoms with Gasteiger partial charge in [0.15, 0.2) is 0 Å². The third-order valence-corrected chi connectivity index (χ3v) is 9.49. The normalized spacial score (nSPS) is 14.9. The molecule has 272 valence electrons. The van der Waals surface area contributed by atoms with E-state index in [2.05, 4.69) is 84.4 Å². The molecule has 1 saturated heterocycles. The third kappa shape index (κ3) is 8.48. The van der Waals surface area contributed by atoms with E-state index < -0.39 is 12.1 Å². The number of aromatic nitrogens is 5. The maximum Gasteiger partial charge on any atom is 0.407 e. The van der Waals surface area contributed by atoms with Crippen molar-refractivity contribution in [2.45, 2.75) is 58.0 Å². The molecule has 13 heteroatoms. The van der Waals surface area contributed by atoms with Gasteiger partial charge in [-0.15, -0.1) is 0 Å². The SMILES string of the molecule is CNCC(=O)NCCCCc1ncc(-c2ccc3cc(-c4ccc(-c5cnc(C6CCCN6C(=O)C(NC(=O)OC)C(C)C)[nH]5)cc4)cnc3c2)[nH]1. The lowest BCUT2D eigenvalue weighted by Gasteiger charge is -2.30. The highest BCUT2D eigenvalue weighted by Gasteiger charge is 2.37. The van der Waals surface area contributed by atoms with Gasteiger partial charge in [0.1, 0.15) is 17.7 Å². The number of H-pyrrole nitrogens is 2. The second-order valence-electron chi connectivity index (χ2n) is 13.5. The van der Waals surface area contributed by atoms with Crippen molar-refractivity contribution in [3.8, 4) is 33.6 Å². The molecule has 4 heterocycles. The Kier molecular flexibility index (Phi) is 11.6. The van der Waals surface area contributed by atoms with E-state index in [0.717, 1.165) is 88.3 Å². The predicted molar refractivity (Wildman–Crippen MR) is 200 cm³/mol. The molecule has 3 amide bonds. The van der Waals surface area contributed by atoms with Crippen LogP contribution in [0.5, 0.6) is 0 Å². The zero-order valence-corrected chi connectivity index (χ0v) is 30.2. The number of likely N-dealkylation sites (tertiary alicyclic amines) is 1. The van der Waals surface area contributed by atoms with Gasteiger partial charge in [0, 0.05) is 42.2 Å². The average molecular weight is 706 g/mol. The number of benzene rings is 2. The fraction of sp³-hybridized carbons (Fsp3) is 0.385. The first kappa shape index (κ1) is 36.2. The summed E-state index contributed by atoms with van der Waals surface area (Å²) in [5.74, 6) is 1.44. The molecule has 0 bridgehead atoms. The van der Waals surface area contributed by atoms with Crippen LogP contribution in [0.1, 0.15) is 57.2 Å². The van der Waals surface area contributed by atoms with Crippen molar-refractivity contribution in [3.05, 3.63) is 78.8 Å². The number of alkyl carbamates (subject to hydrolysis) is 1. The van der Waals surface area contributed by atoms with Crippen molar-refractivity contribution in [2.24, 2.45) is 5.92 Å². The highest BCUT2D eigenvalue weighted by atomic mass is 16.5. The van der Waals surface area contributed by atoms with Crippen LogP contribution in [0.4, 0.5) is 4.79 Å². The van der Waals surface area contributed by atoms with Crippen LogP contribution in [0, 0.1) is 5.92 Å². The molecule has 2 aromatic carbocycles. The number of likely N-dealkylation sites (N-methyl/N-ethyl adjacent to an activating group) is 1. The number of imidazole rings is 2. The Morgan fingerprint density at radius 2 is 1.65 bits per heavy atom. The van der Waals surface area contributed by atoms with Crippen LogP contribution >= 0.6 is 0 Å². The predicted octanol–water partition coefficient (Wildman–Crippen LogP) is 5.38. The fourth-order valence-electron chi connectivity index (χ4n) is 6.64. The van der Waals surface area contributed by atoms with Crippen LogP contribution in [0.15, 0.2) is 67.1 Å². The van der Waals surface area contributed by atoms with Gasteiger partial charge in [-0.1, -0.05) is 50.2 Å². The summed E-state index contributed by atoms with van der Waals surface area (Å²) in [5.41, 5.74) is 6.79. The van der Waals surface area contributed by atoms with Gasteiger partial charge in [0.05, 0.1) is 49.0 Å². The Labute approximate surface area is 303 Å². The van der Waals surface area contributed by atoms with Crippen LogP contribution in [-0.2, 0) is 20.7 Å². The maximum atomic E-state index is 13.5. The molecule has 2 unspecified atom stereocenters. The number of rotatable bonds is 14. The number of unbranched alkanes of at least 4 members (excludes halogenated alkanes) is 1. The summed E-state index contributed by atoms with van der Waals surface area (Å²) >= 11 is 0. The molecule has 1 aliphatic rings. The Hall–Kier alpha value is -5.56. The quantitative estimate of drug-likeness (QED) is 0.0959. The molecular weight excluding hydrogens is 658 g/mol. The second-order valence-corrected chi connectivity index (χ2v) is 13.5. The lowest BCUT2D eigenvalue weighted by Crippen LogP contribution is -2.51. The molecule has 6 rings (SSSR count). The first-order valence-corrected chi connectivity index (χ1v) is 17.9. The molecule has 1 fully saturated rings. The second kappa shape index (κ2) is 16.6. The molecule has 1 aliphatic heterocycles. The Morgan fingerprint density at radius 3 is 2.42 bits per heavy atom. The number of pyridine rings is 1. The van der Waals surface area contributed by atoms with E-state index in [1.54, 1.807) is 7.05 Å². The van der Waals surface area contributed by atoms with Gasteiger partial charge in [-0.25, -0.2) is 14.8 Å². The average Bonchev–Trinajstić information content (AvgIpc) is 3.95. The van der Waals surface area contributed by atoms with Crippen LogP contribution in [-0.4, -0.2) is 87.6 Å². The standard InChI is InChI=1S/C39H47N9O4/c1-24(2)36(47-39(51)52-4)38(50)48-17-7-8-33(48)37-44-22-31(46-37)26-12-10-25(11-13-26)29-18-27-14-15-28(19-30(27)42-20-29)32-21-43-34(45-32)9-5-6-16-41-35(49)23-40-3/h10-15,18-22,24,33,36,40H,5-9,16-17,23H2,1-4H3,(H,41,49)(H,43,45)(H,44,46)(H,47,51). The largest absolute Gasteiger partial charge is 0.453 e. The van der Waals surface area contributed by atoms with Gasteiger partial charge < -0.3 is 35.6 Å². The number of methoxy groups -OCH3 is 1. The van der Waals surface area contributed by atoms with Crippen LogP contribution < -0.4 is 16.0 Å². The van der Waals surface area contributed by atoms with E-state index in [0.29, 0.717) is 19.6 Å². The van der Waals surface area contributed by atoms with E-state index in [9.17, 15) is 14.4 Å². The minimum Gasteiger partial charge on any atom is -0.453 e. The molecule has 5 N–H and O–H groups in total. The van der Waals surface area contributed by atoms with E-state index in [4.69, 9.17) is 9.72 Å². The van der Waals surface area contributed by atoms with Gasteiger partial charge in [-0.3, -0.25) is 14.6 Å². The lowest BCUT2D eigenvalue weighted by molar-refractivity contribution is -0.135. The van der Waals surface area contributed by atoms with E-state index in [-0.39, 0.29) is 23.8 Å². The number of amides is 3. The number of carbonyl (C=O) groups excluding carboxylic acids is 3. The van der Waals surface area contributed by atoms with Crippen molar-refractivity contribution in [2.75, 3.05) is 33.8 Å². The van der Waals surface area contributed by atoms with Crippen LogP contribution in [0.3, 0.4) is 0 Å². The summed E-state index contributed by atoms with van der Waals surface area (Å²) in [5, 5.41) is 9.49. The molecule has 52 heavy (non-hydrogen) atoms. The molecule has 13 nitrogen and oxygen atoms in total. The van der Waals surface area contributed by atoms with Crippen molar-refractivity contribution >= 4 is 28.8 Å². The number of aromatic amines is 2. The number of hydrogen-bond donors (Lipinski definition) is 5. The summed E-state index contributed by atoms with van der Waals surface area (Å²) < 4.78 is 4.75. The van der Waals surface area contributed by atoms with E-state index in [1.165, 1.54) is 7.11 Å². The van der Waals surface area contributed by atoms with Gasteiger partial charge in [-0.2, -0.15) is 0 Å². The zero-order valence-electron chi connectivity index (χ0n) is 30.2. The maximum absolute atomic E-state index is 13.5. The number of nitrogens with zero attached hydrogens (tertiary/aromatic N) is 4. The first-order valence-electron chi connectivity index (χ1n) is 17.9.